The van der Waals surface area contributed by atoms with Crippen molar-refractivity contribution < 1.29 is 45.3 Å². The Morgan fingerprint density at radius 1 is 0.533 bits per heavy atom. The second-order valence-electron chi connectivity index (χ2n) is 14.2. The van der Waals surface area contributed by atoms with E-state index >= 15 is 0 Å². The van der Waals surface area contributed by atoms with Crippen LogP contribution in [0.25, 0.3) is 91.4 Å². The maximum absolute atomic E-state index is 12.4. The van der Waals surface area contributed by atoms with Crippen LogP contribution in [0.2, 0.25) is 0 Å². The Morgan fingerprint density at radius 3 is 1.15 bits per heavy atom. The van der Waals surface area contributed by atoms with E-state index in [0.29, 0.717) is 33.5 Å². The van der Waals surface area contributed by atoms with Gasteiger partial charge in [0.05, 0.1) is 87.4 Å². The molecule has 298 valence electrons. The molecule has 13 heteroatoms. The Hall–Kier alpha value is -7.08. The number of fused-ring (bicyclic) bond motifs is 8. The molecule has 0 atom stereocenters. The predicted octanol–water partition coefficient (Wildman–Crippen LogP) is 7.11. The topological polar surface area (TPSA) is 124 Å². The van der Waals surface area contributed by atoms with Crippen molar-refractivity contribution in [1.29, 1.82) is 0 Å². The summed E-state index contributed by atoms with van der Waals surface area (Å²) in [6.45, 7) is 0. The molecule has 0 aliphatic carbocycles. The Balaban J connectivity index is 0.00000272. The third kappa shape index (κ3) is 6.97. The van der Waals surface area contributed by atoms with Gasteiger partial charge >= 0.3 is 29.0 Å². The van der Waals surface area contributed by atoms with Gasteiger partial charge in [0.1, 0.15) is 24.8 Å². The van der Waals surface area contributed by atoms with Crippen LogP contribution >= 0.6 is 0 Å². The molecule has 0 saturated carbocycles. The number of benzene rings is 2. The zero-order valence-electron chi connectivity index (χ0n) is 33.1. The van der Waals surface area contributed by atoms with Crippen LogP contribution in [0, 0.1) is 0 Å². The molecule has 0 radical (unpaired) electrons. The van der Waals surface area contributed by atoms with Gasteiger partial charge in [0.15, 0.2) is 0 Å². The number of ether oxygens (including phenoxy) is 2. The molecule has 8 bridgehead atoms. The van der Waals surface area contributed by atoms with Gasteiger partial charge in [0, 0.05) is 0 Å². The second-order valence-corrected chi connectivity index (χ2v) is 14.2. The maximum Gasteiger partial charge on any atom is 3.00 e. The summed E-state index contributed by atoms with van der Waals surface area (Å²) in [4.78, 5) is 46.2. The van der Waals surface area contributed by atoms with Gasteiger partial charge in [0.2, 0.25) is 0 Å². The van der Waals surface area contributed by atoms with Crippen molar-refractivity contribution in [3.8, 4) is 45.0 Å². The molecule has 0 N–H and O–H groups in total. The van der Waals surface area contributed by atoms with Gasteiger partial charge in [0.25, 0.3) is 11.6 Å². The van der Waals surface area contributed by atoms with E-state index in [4.69, 9.17) is 29.4 Å². The Morgan fingerprint density at radius 2 is 0.850 bits per heavy atom. The van der Waals surface area contributed by atoms with Crippen molar-refractivity contribution in [2.75, 3.05) is 14.2 Å². The van der Waals surface area contributed by atoms with Crippen LogP contribution in [-0.4, -0.2) is 45.3 Å². The molecule has 0 spiro atoms. The summed E-state index contributed by atoms with van der Waals surface area (Å²) in [7, 11) is 10.8. The average molecular weight is 838 g/mol. The number of imidazole rings is 2. The summed E-state index contributed by atoms with van der Waals surface area (Å²) in [6, 6.07) is 22.7. The van der Waals surface area contributed by atoms with Crippen molar-refractivity contribution >= 4 is 58.3 Å². The fourth-order valence-corrected chi connectivity index (χ4v) is 7.80. The molecule has 60 heavy (non-hydrogen) atoms. The van der Waals surface area contributed by atoms with Gasteiger partial charge < -0.3 is 19.4 Å². The molecule has 2 aliphatic rings. The van der Waals surface area contributed by atoms with Crippen molar-refractivity contribution in [3.63, 3.8) is 0 Å². The Labute approximate surface area is 357 Å². The molecule has 0 fully saturated rings. The quantitative estimate of drug-likeness (QED) is 0.0987. The number of aromatic nitrogens is 8. The maximum atomic E-state index is 12.4. The van der Waals surface area contributed by atoms with Gasteiger partial charge in [-0.2, -0.15) is 0 Å². The first-order valence-electron chi connectivity index (χ1n) is 18.6. The third-order valence-corrected chi connectivity index (χ3v) is 10.6. The standard InChI is InChI=1S/C46H38N8O4.CH4.Mn/c1-51-23-24-52(2)43(51)41-35-19-15-31(47-35)39(27-7-11-29(12-8-27)45(55)57-5)33-17-21-37(49-33)42(44-53(3)25-26-54(44)4)38-22-18-34(50-38)40(32-16-20-36(41)48-32)28-9-13-30(14-10-28)46(56)58-6;;/h7-26H,1-6H3;1H4;/q;;+3. The Kier molecular flexibility index (Phi) is 11.2. The van der Waals surface area contributed by atoms with Crippen molar-refractivity contribution in [3.05, 3.63) is 131 Å². The van der Waals surface area contributed by atoms with Gasteiger partial charge in [-0.25, -0.2) is 37.8 Å². The minimum atomic E-state index is -0.414. The van der Waals surface area contributed by atoms with Crippen LogP contribution in [0.15, 0.2) is 97.6 Å². The van der Waals surface area contributed by atoms with E-state index in [2.05, 4.69) is 18.3 Å². The number of esters is 2. The minimum absolute atomic E-state index is 0. The largest absolute Gasteiger partial charge is 3.00 e. The number of carbonyl (C=O) groups excluding carboxylic acids is 2. The second kappa shape index (κ2) is 16.3. The average Bonchev–Trinajstić information content (AvgIpc) is 4.12. The number of hydrogen-bond acceptors (Lipinski definition) is 6. The SMILES string of the molecule is C.COC(=O)c1ccc(-c2c3nc(c(-c4n(C)cc[n+]4C)c4ccc([n-]4)c(-c4ccc(C(=O)OC)cc4)c4nc(c(-c5n(C)cc[n+]5C)c5ccc2[n-]5)C=C4)C=C3)cc1.[Mn+3]. The molecular formula is C47H42MnN8O4+3. The molecule has 7 aromatic rings. The van der Waals surface area contributed by atoms with Gasteiger partial charge in [-0.05, 0) is 70.8 Å². The normalized spacial score (nSPS) is 11.6. The fraction of sp³-hybridized carbons (Fsp3) is 0.149. The zero-order chi connectivity index (χ0) is 40.2. The van der Waals surface area contributed by atoms with Gasteiger partial charge in [-0.3, -0.25) is 0 Å². The van der Waals surface area contributed by atoms with Crippen molar-refractivity contribution in [2.24, 2.45) is 28.2 Å². The zero-order valence-corrected chi connectivity index (χ0v) is 34.3. The van der Waals surface area contributed by atoms with Crippen LogP contribution in [0.5, 0.6) is 0 Å². The van der Waals surface area contributed by atoms with Crippen LogP contribution in [0.1, 0.15) is 50.9 Å². The van der Waals surface area contributed by atoms with Gasteiger partial charge in [-0.1, -0.05) is 56.0 Å². The summed E-state index contributed by atoms with van der Waals surface area (Å²) in [6.07, 6.45) is 16.0. The summed E-state index contributed by atoms with van der Waals surface area (Å²) in [5.41, 5.74) is 11.5. The summed E-state index contributed by atoms with van der Waals surface area (Å²) >= 11 is 0. The predicted molar refractivity (Wildman–Crippen MR) is 228 cm³/mol. The Bertz CT molecular complexity index is 2810. The minimum Gasteiger partial charge on any atom is -0.656 e. The molecule has 0 amide bonds. The van der Waals surface area contributed by atoms with Crippen molar-refractivity contribution in [2.45, 2.75) is 7.43 Å². The smallest absolute Gasteiger partial charge is 0.656 e. The molecular weight excluding hydrogens is 796 g/mol. The van der Waals surface area contributed by atoms with Crippen molar-refractivity contribution in [1.82, 2.24) is 29.1 Å². The number of nitrogens with zero attached hydrogens (tertiary/aromatic N) is 8. The number of methoxy groups -OCH3 is 2. The first kappa shape index (κ1) is 41.1. The first-order valence-corrected chi connectivity index (χ1v) is 18.6. The molecule has 7 heterocycles. The molecule has 0 saturated heterocycles. The van der Waals surface area contributed by atoms with E-state index in [1.165, 1.54) is 14.2 Å². The van der Waals surface area contributed by atoms with Crippen LogP contribution in [-0.2, 0) is 54.7 Å². The van der Waals surface area contributed by atoms with E-state index < -0.39 is 11.9 Å². The molecule has 12 nitrogen and oxygen atoms in total. The fourth-order valence-electron chi connectivity index (χ4n) is 7.80. The molecule has 2 aromatic carbocycles. The monoisotopic (exact) mass is 837 g/mol. The van der Waals surface area contributed by atoms with E-state index in [1.807, 2.05) is 126 Å². The van der Waals surface area contributed by atoms with Crippen LogP contribution in [0.4, 0.5) is 0 Å². The van der Waals surface area contributed by atoms with Crippen LogP contribution < -0.4 is 19.1 Å². The van der Waals surface area contributed by atoms with E-state index in [0.717, 1.165) is 67.5 Å². The molecule has 5 aromatic heterocycles. The van der Waals surface area contributed by atoms with E-state index in [1.54, 1.807) is 24.3 Å². The van der Waals surface area contributed by atoms with Crippen LogP contribution in [0.3, 0.4) is 0 Å². The molecule has 2 aliphatic heterocycles. The number of aryl methyl sites for hydroxylation is 4. The number of carbonyl (C=O) groups is 2. The summed E-state index contributed by atoms with van der Waals surface area (Å²) in [5.74, 6) is 0.979. The number of rotatable bonds is 6. The van der Waals surface area contributed by atoms with Gasteiger partial charge in [-0.15, -0.1) is 22.1 Å². The summed E-state index contributed by atoms with van der Waals surface area (Å²) < 4.78 is 18.2. The third-order valence-electron chi connectivity index (χ3n) is 10.6. The van der Waals surface area contributed by atoms with E-state index in [-0.39, 0.29) is 24.5 Å². The first-order chi connectivity index (χ1) is 28.1. The number of hydrogen-bond donors (Lipinski definition) is 0. The molecule has 0 unspecified atom stereocenters. The molecule has 9 rings (SSSR count). The van der Waals surface area contributed by atoms with E-state index in [9.17, 15) is 9.59 Å². The summed E-state index contributed by atoms with van der Waals surface area (Å²) in [5, 5.41) is 0.